The maximum atomic E-state index is 13.4. The van der Waals surface area contributed by atoms with Gasteiger partial charge >= 0.3 is 0 Å². The Morgan fingerprint density at radius 3 is 2.36 bits per heavy atom. The summed E-state index contributed by atoms with van der Waals surface area (Å²) in [6.45, 7) is 5.80. The summed E-state index contributed by atoms with van der Waals surface area (Å²) in [5.41, 5.74) is 2.23. The van der Waals surface area contributed by atoms with Gasteiger partial charge in [0.25, 0.3) is 0 Å². The van der Waals surface area contributed by atoms with Crippen LogP contribution in [0.2, 0.25) is 5.02 Å². The predicted octanol–water partition coefficient (Wildman–Crippen LogP) is 5.17. The first kappa shape index (κ1) is 16.5. The third-order valence-corrected chi connectivity index (χ3v) is 3.89. The van der Waals surface area contributed by atoms with Crippen molar-refractivity contribution in [2.45, 2.75) is 26.7 Å². The molecule has 0 saturated heterocycles. The van der Waals surface area contributed by atoms with Gasteiger partial charge in [0, 0.05) is 10.7 Å². The highest BCUT2D eigenvalue weighted by molar-refractivity contribution is 6.30. The van der Waals surface area contributed by atoms with E-state index in [1.807, 2.05) is 32.9 Å². The van der Waals surface area contributed by atoms with E-state index in [2.05, 4.69) is 5.32 Å². The fourth-order valence-corrected chi connectivity index (χ4v) is 2.57. The maximum Gasteiger partial charge on any atom is 0.232 e. The van der Waals surface area contributed by atoms with Gasteiger partial charge in [-0.15, -0.1) is 0 Å². The van der Waals surface area contributed by atoms with Crippen LogP contribution in [0.25, 0.3) is 0 Å². The predicted molar refractivity (Wildman–Crippen MR) is 88.8 cm³/mol. The van der Waals surface area contributed by atoms with Crippen LogP contribution in [0.15, 0.2) is 42.5 Å². The minimum absolute atomic E-state index is 0.107. The van der Waals surface area contributed by atoms with Gasteiger partial charge in [-0.25, -0.2) is 4.39 Å². The molecule has 0 radical (unpaired) electrons. The Morgan fingerprint density at radius 2 is 1.77 bits per heavy atom. The molecule has 1 atom stereocenters. The van der Waals surface area contributed by atoms with Crippen molar-refractivity contribution in [2.24, 2.45) is 5.92 Å². The lowest BCUT2D eigenvalue weighted by Gasteiger charge is -2.21. The zero-order valence-electron chi connectivity index (χ0n) is 12.9. The van der Waals surface area contributed by atoms with Gasteiger partial charge in [-0.3, -0.25) is 4.79 Å². The Morgan fingerprint density at radius 1 is 1.14 bits per heavy atom. The Bertz CT molecular complexity index is 667. The molecule has 2 aromatic rings. The Balaban J connectivity index is 2.27. The van der Waals surface area contributed by atoms with Gasteiger partial charge in [0.2, 0.25) is 5.91 Å². The number of hydrogen-bond acceptors (Lipinski definition) is 1. The highest BCUT2D eigenvalue weighted by Crippen LogP contribution is 2.28. The average molecular weight is 320 g/mol. The zero-order chi connectivity index (χ0) is 16.3. The molecule has 2 aromatic carbocycles. The molecular weight excluding hydrogens is 301 g/mol. The summed E-state index contributed by atoms with van der Waals surface area (Å²) in [4.78, 5) is 12.6. The molecule has 0 saturated carbocycles. The van der Waals surface area contributed by atoms with Crippen molar-refractivity contribution in [2.75, 3.05) is 5.32 Å². The molecule has 2 nitrogen and oxygen atoms in total. The van der Waals surface area contributed by atoms with Crippen molar-refractivity contribution in [3.05, 3.63) is 64.4 Å². The van der Waals surface area contributed by atoms with Crippen molar-refractivity contribution in [3.8, 4) is 0 Å². The van der Waals surface area contributed by atoms with Gasteiger partial charge in [0.05, 0.1) is 5.92 Å². The first-order valence-electron chi connectivity index (χ1n) is 7.21. The first-order chi connectivity index (χ1) is 10.4. The maximum absolute atomic E-state index is 13.4. The van der Waals surface area contributed by atoms with E-state index < -0.39 is 0 Å². The van der Waals surface area contributed by atoms with E-state index in [0.717, 1.165) is 11.1 Å². The molecule has 0 unspecified atom stereocenters. The number of rotatable bonds is 4. The van der Waals surface area contributed by atoms with Crippen molar-refractivity contribution in [3.63, 3.8) is 0 Å². The van der Waals surface area contributed by atoms with Crippen LogP contribution >= 0.6 is 11.6 Å². The van der Waals surface area contributed by atoms with Crippen LogP contribution in [0.5, 0.6) is 0 Å². The molecule has 2 rings (SSSR count). The Kier molecular flexibility index (Phi) is 5.19. The summed E-state index contributed by atoms with van der Waals surface area (Å²) >= 11 is 5.90. The van der Waals surface area contributed by atoms with E-state index in [9.17, 15) is 9.18 Å². The second-order valence-electron chi connectivity index (χ2n) is 5.72. The molecule has 22 heavy (non-hydrogen) atoms. The molecule has 1 N–H and O–H groups in total. The van der Waals surface area contributed by atoms with Crippen LogP contribution < -0.4 is 5.32 Å². The van der Waals surface area contributed by atoms with Crippen molar-refractivity contribution in [1.29, 1.82) is 0 Å². The van der Waals surface area contributed by atoms with Gasteiger partial charge < -0.3 is 5.32 Å². The number of hydrogen-bond donors (Lipinski definition) is 1. The highest BCUT2D eigenvalue weighted by Gasteiger charge is 2.24. The minimum Gasteiger partial charge on any atom is -0.325 e. The Labute approximate surface area is 135 Å². The van der Waals surface area contributed by atoms with E-state index in [1.54, 1.807) is 18.2 Å². The van der Waals surface area contributed by atoms with Crippen molar-refractivity contribution >= 4 is 23.2 Å². The summed E-state index contributed by atoms with van der Waals surface area (Å²) in [6, 6.07) is 11.6. The molecule has 116 valence electrons. The topological polar surface area (TPSA) is 29.1 Å². The summed E-state index contributed by atoms with van der Waals surface area (Å²) in [7, 11) is 0. The molecule has 0 aliphatic carbocycles. The summed E-state index contributed by atoms with van der Waals surface area (Å²) in [6.07, 6.45) is 0. The molecule has 0 aliphatic rings. The van der Waals surface area contributed by atoms with Crippen molar-refractivity contribution in [1.82, 2.24) is 0 Å². The van der Waals surface area contributed by atoms with Crippen LogP contribution in [-0.2, 0) is 4.79 Å². The number of carbonyl (C=O) groups excluding carboxylic acids is 1. The Hall–Kier alpha value is -1.87. The van der Waals surface area contributed by atoms with E-state index in [4.69, 9.17) is 11.6 Å². The van der Waals surface area contributed by atoms with E-state index in [1.165, 1.54) is 12.1 Å². The average Bonchev–Trinajstić information content (AvgIpc) is 2.45. The number of aryl methyl sites for hydroxylation is 1. The van der Waals surface area contributed by atoms with Gasteiger partial charge in [0.1, 0.15) is 5.82 Å². The van der Waals surface area contributed by atoms with Crippen LogP contribution in [0, 0.1) is 18.7 Å². The van der Waals surface area contributed by atoms with E-state index >= 15 is 0 Å². The molecule has 4 heteroatoms. The van der Waals surface area contributed by atoms with Gasteiger partial charge in [0.15, 0.2) is 0 Å². The number of amides is 1. The fourth-order valence-electron chi connectivity index (χ4n) is 2.45. The highest BCUT2D eigenvalue weighted by atomic mass is 35.5. The quantitative estimate of drug-likeness (QED) is 0.828. The molecule has 0 aliphatic heterocycles. The monoisotopic (exact) mass is 319 g/mol. The van der Waals surface area contributed by atoms with Crippen LogP contribution in [0.4, 0.5) is 10.1 Å². The number of halogens is 2. The molecular formula is C18H19ClFNO. The molecule has 0 heterocycles. The van der Waals surface area contributed by atoms with Crippen LogP contribution in [0.3, 0.4) is 0 Å². The van der Waals surface area contributed by atoms with E-state index in [-0.39, 0.29) is 23.6 Å². The van der Waals surface area contributed by atoms with Crippen molar-refractivity contribution < 1.29 is 9.18 Å². The molecule has 0 spiro atoms. The third kappa shape index (κ3) is 3.86. The lowest BCUT2D eigenvalue weighted by Crippen LogP contribution is -2.25. The molecule has 0 fully saturated rings. The molecule has 0 bridgehead atoms. The first-order valence-corrected chi connectivity index (χ1v) is 7.58. The minimum atomic E-state index is -0.367. The smallest absolute Gasteiger partial charge is 0.232 e. The third-order valence-electron chi connectivity index (χ3n) is 3.64. The van der Waals surface area contributed by atoms with Crippen LogP contribution in [0.1, 0.15) is 30.9 Å². The number of benzene rings is 2. The number of carbonyl (C=O) groups is 1. The summed E-state index contributed by atoms with van der Waals surface area (Å²) < 4.78 is 13.4. The molecule has 1 amide bonds. The SMILES string of the molecule is Cc1ccc(F)cc1NC(=O)[C@H](c1ccc(Cl)cc1)C(C)C. The lowest BCUT2D eigenvalue weighted by molar-refractivity contribution is -0.118. The van der Waals surface area contributed by atoms with Gasteiger partial charge in [-0.05, 0) is 48.2 Å². The van der Waals surface area contributed by atoms with E-state index in [0.29, 0.717) is 10.7 Å². The molecule has 0 aromatic heterocycles. The number of anilines is 1. The standard InChI is InChI=1S/C18H19ClFNO/c1-11(2)17(13-5-7-14(19)8-6-13)18(22)21-16-10-15(20)9-4-12(16)3/h4-11,17H,1-3H3,(H,21,22)/t17-/m0/s1. The van der Waals surface area contributed by atoms with Gasteiger partial charge in [-0.2, -0.15) is 0 Å². The normalized spacial score (nSPS) is 12.3. The van der Waals surface area contributed by atoms with Gasteiger partial charge in [-0.1, -0.05) is 43.6 Å². The lowest BCUT2D eigenvalue weighted by atomic mass is 9.87. The largest absolute Gasteiger partial charge is 0.325 e. The zero-order valence-corrected chi connectivity index (χ0v) is 13.6. The summed E-state index contributed by atoms with van der Waals surface area (Å²) in [5.74, 6) is -0.727. The summed E-state index contributed by atoms with van der Waals surface area (Å²) in [5, 5.41) is 3.47. The van der Waals surface area contributed by atoms with Crippen LogP contribution in [-0.4, -0.2) is 5.91 Å². The fraction of sp³-hybridized carbons (Fsp3) is 0.278. The number of nitrogens with one attached hydrogen (secondary N) is 1. The second-order valence-corrected chi connectivity index (χ2v) is 6.16. The second kappa shape index (κ2) is 6.93.